The molecule has 0 spiro atoms. The van der Waals surface area contributed by atoms with Crippen LogP contribution in [0.3, 0.4) is 0 Å². The minimum absolute atomic E-state index is 0.809. The largest absolute Gasteiger partial charge is 0.337 e. The third-order valence-electron chi connectivity index (χ3n) is 3.23. The van der Waals surface area contributed by atoms with Gasteiger partial charge in [-0.1, -0.05) is 54.1 Å². The Hall–Kier alpha value is -1.73. The lowest BCUT2D eigenvalue weighted by atomic mass is 10.2. The van der Waals surface area contributed by atoms with Crippen LogP contribution in [0.4, 0.5) is 0 Å². The molecule has 0 aliphatic carbocycles. The van der Waals surface area contributed by atoms with Gasteiger partial charge in [0, 0.05) is 33.4 Å². The molecule has 0 saturated carbocycles. The predicted octanol–water partition coefficient (Wildman–Crippen LogP) is 4.94. The first-order valence-electron chi connectivity index (χ1n) is 6.05. The van der Waals surface area contributed by atoms with E-state index in [1.165, 1.54) is 21.8 Å². The molecule has 0 aliphatic rings. The second kappa shape index (κ2) is 4.51. The highest BCUT2D eigenvalue weighted by Gasteiger charge is 2.07. The topological polar surface area (TPSA) is 4.93 Å². The molecule has 18 heavy (non-hydrogen) atoms. The number of benzene rings is 2. The number of hydrogen-bond donors (Lipinski definition) is 0. The summed E-state index contributed by atoms with van der Waals surface area (Å²) in [5.41, 5.74) is 2.51. The molecule has 0 bridgehead atoms. The van der Waals surface area contributed by atoms with E-state index in [-0.39, 0.29) is 0 Å². The van der Waals surface area contributed by atoms with Crippen LogP contribution in [0.2, 0.25) is 0 Å². The smallest absolute Gasteiger partial charge is 0.0494 e. The Bertz CT molecular complexity index is 680. The van der Waals surface area contributed by atoms with Crippen LogP contribution < -0.4 is 0 Å². The van der Waals surface area contributed by atoms with E-state index in [2.05, 4.69) is 53.1 Å². The van der Waals surface area contributed by atoms with Crippen molar-refractivity contribution in [3.63, 3.8) is 0 Å². The van der Waals surface area contributed by atoms with Gasteiger partial charge < -0.3 is 4.57 Å². The first-order chi connectivity index (χ1) is 8.77. The first kappa shape index (κ1) is 11.4. The summed E-state index contributed by atoms with van der Waals surface area (Å²) >= 11 is 5.94. The Labute approximate surface area is 111 Å². The van der Waals surface area contributed by atoms with Gasteiger partial charge in [-0.2, -0.15) is 0 Å². The highest BCUT2D eigenvalue weighted by Crippen LogP contribution is 2.28. The summed E-state index contributed by atoms with van der Waals surface area (Å²) in [6.45, 7) is 2.72. The molecule has 1 aromatic heterocycles. The number of nitrogens with zero attached hydrogens (tertiary/aromatic N) is 1. The van der Waals surface area contributed by atoms with Crippen LogP contribution in [0, 0.1) is 0 Å². The third kappa shape index (κ3) is 1.81. The number of allylic oxidation sites excluding steroid dienone is 2. The van der Waals surface area contributed by atoms with E-state index >= 15 is 0 Å². The van der Waals surface area contributed by atoms with Crippen LogP contribution in [0.15, 0.2) is 59.6 Å². The molecule has 0 amide bonds. The van der Waals surface area contributed by atoms with Gasteiger partial charge in [-0.15, -0.1) is 0 Å². The molecule has 0 N–H and O–H groups in total. The molecule has 0 unspecified atom stereocenters. The Kier molecular flexibility index (Phi) is 2.85. The molecule has 2 heteroatoms. The third-order valence-corrected chi connectivity index (χ3v) is 3.39. The molecular weight excluding hydrogens is 242 g/mol. The number of para-hydroxylation sites is 2. The normalized spacial score (nSPS) is 12.4. The minimum Gasteiger partial charge on any atom is -0.337 e. The number of aromatic nitrogens is 1. The zero-order valence-corrected chi connectivity index (χ0v) is 11.0. The standard InChI is InChI=1S/C16H14ClN/c1-12(17)10-11-18-15-8-4-2-6-13(15)14-7-3-5-9-16(14)18/h2-10H,11H2,1H3. The molecular formula is C16H14ClN. The summed E-state index contributed by atoms with van der Waals surface area (Å²) in [7, 11) is 0. The Balaban J connectivity index is 2.34. The van der Waals surface area contributed by atoms with Crippen molar-refractivity contribution < 1.29 is 0 Å². The van der Waals surface area contributed by atoms with Gasteiger partial charge in [0.1, 0.15) is 0 Å². The molecule has 3 rings (SSSR count). The van der Waals surface area contributed by atoms with Crippen LogP contribution >= 0.6 is 11.6 Å². The fourth-order valence-corrected chi connectivity index (χ4v) is 2.49. The average molecular weight is 256 g/mol. The van der Waals surface area contributed by atoms with Crippen molar-refractivity contribution in [1.82, 2.24) is 4.57 Å². The van der Waals surface area contributed by atoms with Gasteiger partial charge in [0.2, 0.25) is 0 Å². The molecule has 90 valence electrons. The molecule has 3 aromatic rings. The number of fused-ring (bicyclic) bond motifs is 3. The maximum Gasteiger partial charge on any atom is 0.0494 e. The zero-order chi connectivity index (χ0) is 12.5. The second-order valence-electron chi connectivity index (χ2n) is 4.44. The average Bonchev–Trinajstić information content (AvgIpc) is 2.71. The molecule has 1 nitrogen and oxygen atoms in total. The van der Waals surface area contributed by atoms with E-state index in [4.69, 9.17) is 11.6 Å². The molecule has 0 fully saturated rings. The van der Waals surface area contributed by atoms with E-state index in [0.29, 0.717) is 0 Å². The first-order valence-corrected chi connectivity index (χ1v) is 6.43. The van der Waals surface area contributed by atoms with Crippen molar-refractivity contribution in [2.75, 3.05) is 0 Å². The molecule has 1 heterocycles. The highest BCUT2D eigenvalue weighted by molar-refractivity contribution is 6.29. The van der Waals surface area contributed by atoms with Gasteiger partial charge in [-0.05, 0) is 19.1 Å². The van der Waals surface area contributed by atoms with Crippen molar-refractivity contribution in [3.8, 4) is 0 Å². The Morgan fingerprint density at radius 2 is 1.50 bits per heavy atom. The number of halogens is 1. The molecule has 0 saturated heterocycles. The summed E-state index contributed by atoms with van der Waals surface area (Å²) in [5.74, 6) is 0. The van der Waals surface area contributed by atoms with Crippen LogP contribution in [0.25, 0.3) is 21.8 Å². The van der Waals surface area contributed by atoms with E-state index in [0.717, 1.165) is 11.6 Å². The van der Waals surface area contributed by atoms with Gasteiger partial charge in [-0.25, -0.2) is 0 Å². The molecule has 0 atom stereocenters. The zero-order valence-electron chi connectivity index (χ0n) is 10.2. The predicted molar refractivity (Wildman–Crippen MR) is 79.1 cm³/mol. The lowest BCUT2D eigenvalue weighted by Crippen LogP contribution is -1.94. The molecule has 0 radical (unpaired) electrons. The van der Waals surface area contributed by atoms with Crippen molar-refractivity contribution in [3.05, 3.63) is 59.6 Å². The summed E-state index contributed by atoms with van der Waals surface area (Å²) in [6.07, 6.45) is 2.04. The van der Waals surface area contributed by atoms with Crippen LogP contribution in [0.5, 0.6) is 0 Å². The maximum atomic E-state index is 5.94. The van der Waals surface area contributed by atoms with Crippen LogP contribution in [-0.2, 0) is 6.54 Å². The van der Waals surface area contributed by atoms with Crippen molar-refractivity contribution in [1.29, 1.82) is 0 Å². The molecule has 2 aromatic carbocycles. The van der Waals surface area contributed by atoms with Gasteiger partial charge >= 0.3 is 0 Å². The van der Waals surface area contributed by atoms with E-state index in [9.17, 15) is 0 Å². The fraction of sp³-hybridized carbons (Fsp3) is 0.125. The number of hydrogen-bond acceptors (Lipinski definition) is 0. The van der Waals surface area contributed by atoms with Crippen molar-refractivity contribution in [2.45, 2.75) is 13.5 Å². The fourth-order valence-electron chi connectivity index (χ4n) is 2.42. The van der Waals surface area contributed by atoms with Crippen LogP contribution in [0.1, 0.15) is 6.92 Å². The lowest BCUT2D eigenvalue weighted by molar-refractivity contribution is 0.896. The monoisotopic (exact) mass is 255 g/mol. The quantitative estimate of drug-likeness (QED) is 0.611. The maximum absolute atomic E-state index is 5.94. The highest BCUT2D eigenvalue weighted by atomic mass is 35.5. The van der Waals surface area contributed by atoms with Gasteiger partial charge in [-0.3, -0.25) is 0 Å². The summed E-state index contributed by atoms with van der Waals surface area (Å²) < 4.78 is 2.30. The lowest BCUT2D eigenvalue weighted by Gasteiger charge is -2.03. The summed E-state index contributed by atoms with van der Waals surface area (Å²) in [5, 5.41) is 3.43. The van der Waals surface area contributed by atoms with E-state index < -0.39 is 0 Å². The van der Waals surface area contributed by atoms with Gasteiger partial charge in [0.15, 0.2) is 0 Å². The van der Waals surface area contributed by atoms with E-state index in [1.807, 2.05) is 13.0 Å². The van der Waals surface area contributed by atoms with Crippen molar-refractivity contribution >= 4 is 33.4 Å². The summed E-state index contributed by atoms with van der Waals surface area (Å²) in [4.78, 5) is 0. The van der Waals surface area contributed by atoms with Gasteiger partial charge in [0.05, 0.1) is 0 Å². The van der Waals surface area contributed by atoms with Crippen molar-refractivity contribution in [2.24, 2.45) is 0 Å². The minimum atomic E-state index is 0.809. The van der Waals surface area contributed by atoms with Crippen LogP contribution in [-0.4, -0.2) is 4.57 Å². The van der Waals surface area contributed by atoms with E-state index in [1.54, 1.807) is 0 Å². The SMILES string of the molecule is CC(Cl)=CCn1c2ccccc2c2ccccc21. The Morgan fingerprint density at radius 1 is 1.00 bits per heavy atom. The summed E-state index contributed by atoms with van der Waals surface area (Å²) in [6, 6.07) is 17.0. The second-order valence-corrected chi connectivity index (χ2v) is 5.03. The molecule has 0 aliphatic heterocycles. The van der Waals surface area contributed by atoms with Gasteiger partial charge in [0.25, 0.3) is 0 Å². The number of rotatable bonds is 2. The Morgan fingerprint density at radius 3 is 2.00 bits per heavy atom.